The lowest BCUT2D eigenvalue weighted by molar-refractivity contribution is 0.445. The van der Waals surface area contributed by atoms with Gasteiger partial charge in [0.25, 0.3) is 0 Å². The molecule has 1 aromatic heterocycles. The van der Waals surface area contributed by atoms with Gasteiger partial charge in [0, 0.05) is 24.9 Å². The molecule has 0 aliphatic rings. The van der Waals surface area contributed by atoms with Gasteiger partial charge in [0.1, 0.15) is 5.82 Å². The molecule has 0 saturated heterocycles. The van der Waals surface area contributed by atoms with Gasteiger partial charge in [-0.3, -0.25) is 0 Å². The fourth-order valence-corrected chi connectivity index (χ4v) is 2.26. The van der Waals surface area contributed by atoms with E-state index in [1.165, 1.54) is 44.9 Å². The van der Waals surface area contributed by atoms with Crippen molar-refractivity contribution in [2.75, 3.05) is 6.54 Å². The summed E-state index contributed by atoms with van der Waals surface area (Å²) in [5.74, 6) is 1.11. The van der Waals surface area contributed by atoms with Crippen LogP contribution in [-0.4, -0.2) is 22.6 Å². The van der Waals surface area contributed by atoms with Gasteiger partial charge in [-0.2, -0.15) is 0 Å². The number of nitrogens with zero attached hydrogens (tertiary/aromatic N) is 1. The third-order valence-electron chi connectivity index (χ3n) is 3.33. The van der Waals surface area contributed by atoms with Crippen LogP contribution in [0, 0.1) is 0 Å². The predicted octanol–water partition coefficient (Wildman–Crippen LogP) is 3.68. The molecule has 0 saturated carbocycles. The number of imidazole rings is 1. The topological polar surface area (TPSA) is 40.7 Å². The van der Waals surface area contributed by atoms with Crippen molar-refractivity contribution in [3.8, 4) is 0 Å². The first-order valence-corrected chi connectivity index (χ1v) is 7.58. The highest BCUT2D eigenvalue weighted by Gasteiger charge is 2.09. The third-order valence-corrected chi connectivity index (χ3v) is 3.33. The van der Waals surface area contributed by atoms with Crippen LogP contribution >= 0.6 is 0 Å². The maximum atomic E-state index is 4.33. The highest BCUT2D eigenvalue weighted by Crippen LogP contribution is 2.10. The van der Waals surface area contributed by atoms with E-state index in [1.54, 1.807) is 0 Å². The van der Waals surface area contributed by atoms with Crippen molar-refractivity contribution >= 4 is 0 Å². The molecule has 1 unspecified atom stereocenters. The Morgan fingerprint density at radius 1 is 1.17 bits per heavy atom. The van der Waals surface area contributed by atoms with E-state index in [9.17, 15) is 0 Å². The van der Waals surface area contributed by atoms with Gasteiger partial charge in [-0.05, 0) is 19.4 Å². The largest absolute Gasteiger partial charge is 0.349 e. The summed E-state index contributed by atoms with van der Waals surface area (Å²) in [6.45, 7) is 5.60. The molecule has 18 heavy (non-hydrogen) atoms. The molecular weight excluding hydrogens is 222 g/mol. The van der Waals surface area contributed by atoms with E-state index in [2.05, 4.69) is 29.1 Å². The zero-order valence-electron chi connectivity index (χ0n) is 12.0. The lowest BCUT2D eigenvalue weighted by Gasteiger charge is -2.17. The maximum absolute atomic E-state index is 4.33. The number of aromatic amines is 1. The second kappa shape index (κ2) is 10.1. The summed E-state index contributed by atoms with van der Waals surface area (Å²) in [4.78, 5) is 7.53. The van der Waals surface area contributed by atoms with Gasteiger partial charge >= 0.3 is 0 Å². The number of unbranched alkanes of at least 4 members (excludes halogenated alkanes) is 4. The monoisotopic (exact) mass is 251 g/mol. The Morgan fingerprint density at radius 2 is 2.00 bits per heavy atom. The van der Waals surface area contributed by atoms with Gasteiger partial charge < -0.3 is 10.3 Å². The standard InChI is InChI=1S/C15H29N3/c1-3-5-6-7-8-9-14(16-10-4-2)13-15-17-11-12-18-15/h11-12,14,16H,3-10,13H2,1-2H3,(H,17,18). The summed E-state index contributed by atoms with van der Waals surface area (Å²) >= 11 is 0. The van der Waals surface area contributed by atoms with Crippen molar-refractivity contribution in [2.45, 2.75) is 71.3 Å². The molecule has 0 spiro atoms. The fraction of sp³-hybridized carbons (Fsp3) is 0.800. The maximum Gasteiger partial charge on any atom is 0.107 e. The quantitative estimate of drug-likeness (QED) is 0.589. The molecule has 0 fully saturated rings. The third kappa shape index (κ3) is 6.80. The van der Waals surface area contributed by atoms with Gasteiger partial charge in [-0.25, -0.2) is 4.98 Å². The smallest absolute Gasteiger partial charge is 0.107 e. The van der Waals surface area contributed by atoms with Crippen LogP contribution in [0.2, 0.25) is 0 Å². The van der Waals surface area contributed by atoms with E-state index in [0.29, 0.717) is 6.04 Å². The Bertz CT molecular complexity index is 269. The molecule has 1 rings (SSSR count). The molecule has 0 radical (unpaired) electrons. The Hall–Kier alpha value is -0.830. The van der Waals surface area contributed by atoms with E-state index in [1.807, 2.05) is 12.4 Å². The second-order valence-corrected chi connectivity index (χ2v) is 5.09. The molecule has 1 heterocycles. The first-order valence-electron chi connectivity index (χ1n) is 7.58. The van der Waals surface area contributed by atoms with Crippen molar-refractivity contribution in [1.29, 1.82) is 0 Å². The van der Waals surface area contributed by atoms with E-state index < -0.39 is 0 Å². The van der Waals surface area contributed by atoms with Gasteiger partial charge in [0.2, 0.25) is 0 Å². The Morgan fingerprint density at radius 3 is 2.67 bits per heavy atom. The number of hydrogen-bond acceptors (Lipinski definition) is 2. The molecule has 0 aliphatic carbocycles. The number of aromatic nitrogens is 2. The molecule has 0 bridgehead atoms. The molecular formula is C15H29N3. The fourth-order valence-electron chi connectivity index (χ4n) is 2.26. The number of nitrogens with one attached hydrogen (secondary N) is 2. The summed E-state index contributed by atoms with van der Waals surface area (Å²) in [6.07, 6.45) is 14.0. The molecule has 0 aromatic carbocycles. The van der Waals surface area contributed by atoms with Crippen LogP contribution in [0.3, 0.4) is 0 Å². The van der Waals surface area contributed by atoms with Crippen LogP contribution in [0.4, 0.5) is 0 Å². The summed E-state index contributed by atoms with van der Waals surface area (Å²) in [5.41, 5.74) is 0. The molecule has 1 atom stereocenters. The second-order valence-electron chi connectivity index (χ2n) is 5.09. The van der Waals surface area contributed by atoms with Gasteiger partial charge in [0.15, 0.2) is 0 Å². The highest BCUT2D eigenvalue weighted by molar-refractivity contribution is 4.91. The summed E-state index contributed by atoms with van der Waals surface area (Å²) < 4.78 is 0. The van der Waals surface area contributed by atoms with Crippen LogP contribution in [0.5, 0.6) is 0 Å². The number of H-pyrrole nitrogens is 1. The molecule has 1 aromatic rings. The van der Waals surface area contributed by atoms with Crippen LogP contribution in [0.1, 0.15) is 64.6 Å². The molecule has 3 heteroatoms. The van der Waals surface area contributed by atoms with Crippen LogP contribution in [0.15, 0.2) is 12.4 Å². The molecule has 2 N–H and O–H groups in total. The lowest BCUT2D eigenvalue weighted by atomic mass is 10.0. The molecule has 0 aliphatic heterocycles. The molecule has 0 amide bonds. The first kappa shape index (κ1) is 15.2. The number of rotatable bonds is 11. The minimum atomic E-state index is 0.581. The summed E-state index contributed by atoms with van der Waals surface area (Å²) in [6, 6.07) is 0.581. The molecule has 104 valence electrons. The predicted molar refractivity (Wildman–Crippen MR) is 77.7 cm³/mol. The summed E-state index contributed by atoms with van der Waals surface area (Å²) in [5, 5.41) is 3.64. The highest BCUT2D eigenvalue weighted by atomic mass is 14.9. The van der Waals surface area contributed by atoms with Crippen LogP contribution in [0.25, 0.3) is 0 Å². The van der Waals surface area contributed by atoms with Crippen LogP contribution < -0.4 is 5.32 Å². The van der Waals surface area contributed by atoms with Gasteiger partial charge in [-0.1, -0.05) is 46.0 Å². The van der Waals surface area contributed by atoms with Crippen molar-refractivity contribution in [1.82, 2.24) is 15.3 Å². The van der Waals surface area contributed by atoms with Crippen molar-refractivity contribution in [3.05, 3.63) is 18.2 Å². The Balaban J connectivity index is 2.22. The van der Waals surface area contributed by atoms with Crippen molar-refractivity contribution < 1.29 is 0 Å². The average molecular weight is 251 g/mol. The van der Waals surface area contributed by atoms with E-state index >= 15 is 0 Å². The first-order chi connectivity index (χ1) is 8.86. The van der Waals surface area contributed by atoms with Gasteiger partial charge in [-0.15, -0.1) is 0 Å². The van der Waals surface area contributed by atoms with E-state index in [4.69, 9.17) is 0 Å². The SMILES string of the molecule is CCCCCCCC(Cc1ncc[nH]1)NCCC. The zero-order chi connectivity index (χ0) is 13.1. The van der Waals surface area contributed by atoms with E-state index in [-0.39, 0.29) is 0 Å². The Labute approximate surface area is 112 Å². The van der Waals surface area contributed by atoms with Gasteiger partial charge in [0.05, 0.1) is 0 Å². The minimum Gasteiger partial charge on any atom is -0.349 e. The Kier molecular flexibility index (Phi) is 8.57. The van der Waals surface area contributed by atoms with Crippen molar-refractivity contribution in [3.63, 3.8) is 0 Å². The zero-order valence-corrected chi connectivity index (χ0v) is 12.0. The summed E-state index contributed by atoms with van der Waals surface area (Å²) in [7, 11) is 0. The van der Waals surface area contributed by atoms with Crippen LogP contribution in [-0.2, 0) is 6.42 Å². The minimum absolute atomic E-state index is 0.581. The number of hydrogen-bond donors (Lipinski definition) is 2. The molecule has 3 nitrogen and oxygen atoms in total. The van der Waals surface area contributed by atoms with E-state index in [0.717, 1.165) is 18.8 Å². The normalized spacial score (nSPS) is 12.8. The van der Waals surface area contributed by atoms with Crippen molar-refractivity contribution in [2.24, 2.45) is 0 Å². The lowest BCUT2D eigenvalue weighted by Crippen LogP contribution is -2.32. The average Bonchev–Trinajstić information content (AvgIpc) is 2.88.